The lowest BCUT2D eigenvalue weighted by Crippen LogP contribution is -2.26. The van der Waals surface area contributed by atoms with Crippen molar-refractivity contribution in [1.29, 1.82) is 0 Å². The summed E-state index contributed by atoms with van der Waals surface area (Å²) in [5.41, 5.74) is 5.09. The molecule has 0 saturated carbocycles. The van der Waals surface area contributed by atoms with Crippen LogP contribution in [0.2, 0.25) is 5.02 Å². The van der Waals surface area contributed by atoms with Crippen LogP contribution in [0, 0.1) is 0 Å². The Bertz CT molecular complexity index is 342. The molecule has 0 saturated heterocycles. The Morgan fingerprint density at radius 3 is 2.33 bits per heavy atom. The van der Waals surface area contributed by atoms with Gasteiger partial charge in [-0.3, -0.25) is 11.3 Å². The highest BCUT2D eigenvalue weighted by molar-refractivity contribution is 6.31. The van der Waals surface area contributed by atoms with E-state index in [0.29, 0.717) is 0 Å². The third-order valence-electron chi connectivity index (χ3n) is 2.58. The van der Waals surface area contributed by atoms with Gasteiger partial charge in [0.25, 0.3) is 0 Å². The van der Waals surface area contributed by atoms with Crippen molar-refractivity contribution in [3.8, 4) is 0 Å². The van der Waals surface area contributed by atoms with Gasteiger partial charge >= 0.3 is 0 Å². The average Bonchev–Trinajstić information content (AvgIpc) is 2.15. The van der Waals surface area contributed by atoms with Crippen molar-refractivity contribution >= 4 is 11.6 Å². The molecule has 15 heavy (non-hydrogen) atoms. The summed E-state index contributed by atoms with van der Waals surface area (Å²) in [5, 5.41) is 0.771. The van der Waals surface area contributed by atoms with Gasteiger partial charge in [0, 0.05) is 11.1 Å². The fourth-order valence-corrected chi connectivity index (χ4v) is 1.78. The molecule has 3 heteroatoms. The monoisotopic (exact) mass is 226 g/mol. The zero-order chi connectivity index (χ0) is 11.6. The van der Waals surface area contributed by atoms with Gasteiger partial charge in [0.05, 0.1) is 0 Å². The highest BCUT2D eigenvalue weighted by atomic mass is 35.5. The second-order valence-electron chi connectivity index (χ2n) is 4.87. The van der Waals surface area contributed by atoms with Crippen molar-refractivity contribution in [1.82, 2.24) is 5.43 Å². The number of benzene rings is 1. The molecule has 1 rings (SSSR count). The van der Waals surface area contributed by atoms with Gasteiger partial charge in [-0.05, 0) is 29.5 Å². The Balaban J connectivity index is 3.09. The molecule has 0 radical (unpaired) electrons. The minimum absolute atomic E-state index is 0.0755. The minimum Gasteiger partial charge on any atom is -0.271 e. The number of halogens is 1. The van der Waals surface area contributed by atoms with Crippen molar-refractivity contribution in [2.24, 2.45) is 5.84 Å². The summed E-state index contributed by atoms with van der Waals surface area (Å²) < 4.78 is 0. The van der Waals surface area contributed by atoms with Crippen LogP contribution in [0.1, 0.15) is 44.9 Å². The number of rotatable bonds is 2. The van der Waals surface area contributed by atoms with Crippen LogP contribution in [0.4, 0.5) is 0 Å². The molecule has 1 atom stereocenters. The molecule has 1 aromatic rings. The van der Waals surface area contributed by atoms with E-state index in [1.165, 1.54) is 5.56 Å². The molecular formula is C12H19ClN2. The van der Waals surface area contributed by atoms with Crippen molar-refractivity contribution in [2.45, 2.75) is 39.2 Å². The summed E-state index contributed by atoms with van der Waals surface area (Å²) in [7, 11) is 0. The van der Waals surface area contributed by atoms with E-state index < -0.39 is 0 Å². The molecule has 0 fully saturated rings. The molecule has 0 aliphatic heterocycles. The summed E-state index contributed by atoms with van der Waals surface area (Å²) in [6, 6.07) is 6.24. The Morgan fingerprint density at radius 2 is 1.93 bits per heavy atom. The predicted molar refractivity (Wildman–Crippen MR) is 65.9 cm³/mol. The maximum Gasteiger partial charge on any atom is 0.0457 e. The van der Waals surface area contributed by atoms with Crippen molar-refractivity contribution in [2.75, 3.05) is 0 Å². The van der Waals surface area contributed by atoms with Crippen LogP contribution >= 0.6 is 11.6 Å². The number of hydrogen-bond acceptors (Lipinski definition) is 2. The third kappa shape index (κ3) is 2.94. The maximum atomic E-state index is 6.21. The van der Waals surface area contributed by atoms with E-state index >= 15 is 0 Å². The Kier molecular flexibility index (Phi) is 3.77. The molecule has 0 aliphatic rings. The number of nitrogens with one attached hydrogen (secondary N) is 1. The first-order valence-electron chi connectivity index (χ1n) is 5.12. The summed E-state index contributed by atoms with van der Waals surface area (Å²) >= 11 is 6.21. The van der Waals surface area contributed by atoms with E-state index in [-0.39, 0.29) is 11.5 Å². The van der Waals surface area contributed by atoms with E-state index in [0.717, 1.165) is 10.6 Å². The second-order valence-corrected chi connectivity index (χ2v) is 5.28. The van der Waals surface area contributed by atoms with Crippen LogP contribution in [0.5, 0.6) is 0 Å². The quantitative estimate of drug-likeness (QED) is 0.601. The molecule has 1 aromatic carbocycles. The maximum absolute atomic E-state index is 6.21. The Labute approximate surface area is 96.8 Å². The standard InChI is InChI=1S/C12H19ClN2/c1-8(15-14)10-6-5-9(7-11(10)13)12(2,3)4/h5-8,15H,14H2,1-4H3. The molecule has 84 valence electrons. The third-order valence-corrected chi connectivity index (χ3v) is 2.91. The van der Waals surface area contributed by atoms with Crippen LogP contribution in [-0.2, 0) is 5.41 Å². The van der Waals surface area contributed by atoms with Gasteiger partial charge in [-0.1, -0.05) is 44.5 Å². The molecule has 0 spiro atoms. The zero-order valence-electron chi connectivity index (χ0n) is 9.76. The smallest absolute Gasteiger partial charge is 0.0457 e. The average molecular weight is 227 g/mol. The van der Waals surface area contributed by atoms with E-state index in [4.69, 9.17) is 17.4 Å². The highest BCUT2D eigenvalue weighted by Gasteiger charge is 2.16. The fraction of sp³-hybridized carbons (Fsp3) is 0.500. The summed E-state index contributed by atoms with van der Waals surface area (Å²) in [6.45, 7) is 8.49. The van der Waals surface area contributed by atoms with Gasteiger partial charge in [-0.25, -0.2) is 0 Å². The molecule has 3 N–H and O–H groups in total. The second kappa shape index (κ2) is 4.52. The summed E-state index contributed by atoms with van der Waals surface area (Å²) in [4.78, 5) is 0. The van der Waals surface area contributed by atoms with Crippen molar-refractivity contribution < 1.29 is 0 Å². The molecular weight excluding hydrogens is 208 g/mol. The van der Waals surface area contributed by atoms with Gasteiger partial charge in [-0.15, -0.1) is 0 Å². The first-order chi connectivity index (χ1) is 6.86. The van der Waals surface area contributed by atoms with Gasteiger partial charge in [0.2, 0.25) is 0 Å². The molecule has 2 nitrogen and oxygen atoms in total. The lowest BCUT2D eigenvalue weighted by molar-refractivity contribution is 0.584. The summed E-state index contributed by atoms with van der Waals surface area (Å²) in [5.74, 6) is 5.39. The molecule has 0 amide bonds. The van der Waals surface area contributed by atoms with Crippen LogP contribution in [-0.4, -0.2) is 0 Å². The van der Waals surface area contributed by atoms with Crippen LogP contribution in [0.25, 0.3) is 0 Å². The van der Waals surface area contributed by atoms with Gasteiger partial charge < -0.3 is 0 Å². The minimum atomic E-state index is 0.0755. The molecule has 0 bridgehead atoms. The normalized spacial score (nSPS) is 14.0. The summed E-state index contributed by atoms with van der Waals surface area (Å²) in [6.07, 6.45) is 0. The van der Waals surface area contributed by atoms with Gasteiger partial charge in [0.15, 0.2) is 0 Å². The highest BCUT2D eigenvalue weighted by Crippen LogP contribution is 2.29. The molecule has 0 aromatic heterocycles. The zero-order valence-corrected chi connectivity index (χ0v) is 10.5. The first kappa shape index (κ1) is 12.5. The van der Waals surface area contributed by atoms with Crippen molar-refractivity contribution in [3.63, 3.8) is 0 Å². The number of nitrogens with two attached hydrogens (primary N) is 1. The Hall–Kier alpha value is -0.570. The number of hydrazine groups is 1. The first-order valence-corrected chi connectivity index (χ1v) is 5.50. The largest absolute Gasteiger partial charge is 0.271 e. The molecule has 0 aliphatic carbocycles. The van der Waals surface area contributed by atoms with Gasteiger partial charge in [0.1, 0.15) is 0 Å². The van der Waals surface area contributed by atoms with E-state index in [1.54, 1.807) is 0 Å². The van der Waals surface area contributed by atoms with E-state index in [1.807, 2.05) is 19.1 Å². The number of hydrogen-bond donors (Lipinski definition) is 2. The van der Waals surface area contributed by atoms with E-state index in [2.05, 4.69) is 32.3 Å². The molecule has 1 unspecified atom stereocenters. The van der Waals surface area contributed by atoms with Crippen LogP contribution in [0.3, 0.4) is 0 Å². The molecule has 0 heterocycles. The Morgan fingerprint density at radius 1 is 1.33 bits per heavy atom. The van der Waals surface area contributed by atoms with E-state index in [9.17, 15) is 0 Å². The predicted octanol–water partition coefficient (Wildman–Crippen LogP) is 3.16. The fourth-order valence-electron chi connectivity index (χ4n) is 1.43. The SMILES string of the molecule is CC(NN)c1ccc(C(C)(C)C)cc1Cl. The van der Waals surface area contributed by atoms with Gasteiger partial charge in [-0.2, -0.15) is 0 Å². The lowest BCUT2D eigenvalue weighted by atomic mass is 9.86. The van der Waals surface area contributed by atoms with Crippen molar-refractivity contribution in [3.05, 3.63) is 34.3 Å². The van der Waals surface area contributed by atoms with Crippen LogP contribution < -0.4 is 11.3 Å². The topological polar surface area (TPSA) is 38.0 Å². The lowest BCUT2D eigenvalue weighted by Gasteiger charge is -2.21. The van der Waals surface area contributed by atoms with Crippen LogP contribution in [0.15, 0.2) is 18.2 Å².